The third-order valence-electron chi connectivity index (χ3n) is 1.98. The minimum atomic E-state index is -4.00. The molecule has 0 aliphatic rings. The first kappa shape index (κ1) is 11.9. The van der Waals surface area contributed by atoms with Crippen LogP contribution in [0.15, 0.2) is 29.4 Å². The summed E-state index contributed by atoms with van der Waals surface area (Å²) in [5.74, 6) is -0.688. The second kappa shape index (κ2) is 4.01. The quantitative estimate of drug-likeness (QED) is 0.878. The van der Waals surface area contributed by atoms with Crippen molar-refractivity contribution in [2.24, 2.45) is 0 Å². The number of hydrogen-bond donors (Lipinski definition) is 1. The van der Waals surface area contributed by atoms with Gasteiger partial charge in [-0.1, -0.05) is 17.7 Å². The number of pyridine rings is 1. The van der Waals surface area contributed by atoms with Crippen molar-refractivity contribution in [1.29, 1.82) is 0 Å². The van der Waals surface area contributed by atoms with Crippen molar-refractivity contribution in [3.63, 3.8) is 0 Å². The SMILES string of the molecule is CC(=O)NS(=O)(=O)c1c(Cl)nc2ccccn12. The van der Waals surface area contributed by atoms with Gasteiger partial charge in [0.25, 0.3) is 10.0 Å². The summed E-state index contributed by atoms with van der Waals surface area (Å²) in [7, 11) is -4.00. The minimum Gasteiger partial charge on any atom is -0.288 e. The Morgan fingerprint density at radius 1 is 1.47 bits per heavy atom. The maximum Gasteiger partial charge on any atom is 0.283 e. The van der Waals surface area contributed by atoms with E-state index in [-0.39, 0.29) is 10.2 Å². The van der Waals surface area contributed by atoms with Gasteiger partial charge in [-0.15, -0.1) is 0 Å². The number of aromatic nitrogens is 2. The van der Waals surface area contributed by atoms with Crippen LogP contribution in [0.5, 0.6) is 0 Å². The van der Waals surface area contributed by atoms with E-state index in [1.165, 1.54) is 10.6 Å². The summed E-state index contributed by atoms with van der Waals surface area (Å²) in [6, 6.07) is 4.95. The topological polar surface area (TPSA) is 80.5 Å². The van der Waals surface area contributed by atoms with E-state index in [1.54, 1.807) is 18.2 Å². The second-order valence-electron chi connectivity index (χ2n) is 3.30. The number of hydrogen-bond acceptors (Lipinski definition) is 4. The maximum absolute atomic E-state index is 11.9. The third-order valence-corrected chi connectivity index (χ3v) is 3.81. The molecule has 1 N–H and O–H groups in total. The van der Waals surface area contributed by atoms with E-state index in [0.29, 0.717) is 5.65 Å². The molecule has 90 valence electrons. The lowest BCUT2D eigenvalue weighted by Gasteiger charge is -2.04. The number of nitrogens with one attached hydrogen (secondary N) is 1. The van der Waals surface area contributed by atoms with Crippen LogP contribution in [0, 0.1) is 0 Å². The molecule has 0 radical (unpaired) electrons. The van der Waals surface area contributed by atoms with Gasteiger partial charge in [0.15, 0.2) is 10.2 Å². The van der Waals surface area contributed by atoms with Gasteiger partial charge in [0.1, 0.15) is 5.65 Å². The zero-order chi connectivity index (χ0) is 12.6. The second-order valence-corrected chi connectivity index (χ2v) is 5.25. The van der Waals surface area contributed by atoms with Gasteiger partial charge in [-0.2, -0.15) is 8.42 Å². The highest BCUT2D eigenvalue weighted by atomic mass is 35.5. The standard InChI is InChI=1S/C9H8ClN3O3S/c1-6(14)12-17(15,16)9-8(10)11-7-4-2-3-5-13(7)9/h2-5H,1H3,(H,12,14). The number of nitrogens with zero attached hydrogens (tertiary/aromatic N) is 2. The number of sulfonamides is 1. The molecule has 0 aromatic carbocycles. The fourth-order valence-corrected chi connectivity index (χ4v) is 3.06. The van der Waals surface area contributed by atoms with E-state index in [0.717, 1.165) is 6.92 Å². The molecule has 0 saturated carbocycles. The molecule has 0 saturated heterocycles. The van der Waals surface area contributed by atoms with Crippen LogP contribution in [-0.2, 0) is 14.8 Å². The number of halogens is 1. The lowest BCUT2D eigenvalue weighted by molar-refractivity contribution is -0.117. The van der Waals surface area contributed by atoms with Crippen molar-refractivity contribution >= 4 is 33.2 Å². The van der Waals surface area contributed by atoms with Gasteiger partial charge in [-0.05, 0) is 12.1 Å². The molecule has 2 aromatic heterocycles. The van der Waals surface area contributed by atoms with Crippen molar-refractivity contribution < 1.29 is 13.2 Å². The largest absolute Gasteiger partial charge is 0.288 e. The number of imidazole rings is 1. The molecule has 2 aromatic rings. The first-order valence-corrected chi connectivity index (χ1v) is 6.44. The molecular formula is C9H8ClN3O3S. The van der Waals surface area contributed by atoms with Crippen molar-refractivity contribution in [1.82, 2.24) is 14.1 Å². The Balaban J connectivity index is 2.71. The Hall–Kier alpha value is -1.60. The molecule has 6 nitrogen and oxygen atoms in total. The summed E-state index contributed by atoms with van der Waals surface area (Å²) in [5.41, 5.74) is 0.390. The molecule has 0 atom stereocenters. The molecule has 0 unspecified atom stereocenters. The summed E-state index contributed by atoms with van der Waals surface area (Å²) in [4.78, 5) is 14.7. The van der Waals surface area contributed by atoms with Crippen molar-refractivity contribution in [2.45, 2.75) is 11.9 Å². The number of amides is 1. The minimum absolute atomic E-state index is 0.176. The molecule has 1 amide bonds. The van der Waals surface area contributed by atoms with Gasteiger partial charge in [0, 0.05) is 13.1 Å². The number of carbonyl (C=O) groups excluding carboxylic acids is 1. The molecule has 0 spiro atoms. The normalized spacial score (nSPS) is 11.6. The molecule has 2 heterocycles. The van der Waals surface area contributed by atoms with Gasteiger partial charge in [-0.3, -0.25) is 9.20 Å². The van der Waals surface area contributed by atoms with E-state index < -0.39 is 15.9 Å². The summed E-state index contributed by atoms with van der Waals surface area (Å²) < 4.78 is 26.9. The summed E-state index contributed by atoms with van der Waals surface area (Å²) in [5, 5.41) is -0.421. The lowest BCUT2D eigenvalue weighted by Crippen LogP contribution is -2.29. The summed E-state index contributed by atoms with van der Waals surface area (Å²) >= 11 is 5.77. The van der Waals surface area contributed by atoms with Crippen LogP contribution in [0.3, 0.4) is 0 Å². The highest BCUT2D eigenvalue weighted by molar-refractivity contribution is 7.90. The Morgan fingerprint density at radius 2 is 2.18 bits per heavy atom. The third kappa shape index (κ3) is 2.11. The van der Waals surface area contributed by atoms with Gasteiger partial charge in [0.2, 0.25) is 5.91 Å². The highest BCUT2D eigenvalue weighted by Gasteiger charge is 2.24. The molecule has 0 aliphatic carbocycles. The molecule has 0 fully saturated rings. The first-order chi connectivity index (χ1) is 7.92. The average Bonchev–Trinajstić information content (AvgIpc) is 2.51. The number of rotatable bonds is 2. The fourth-order valence-electron chi connectivity index (χ4n) is 1.42. The first-order valence-electron chi connectivity index (χ1n) is 4.58. The van der Waals surface area contributed by atoms with E-state index in [4.69, 9.17) is 11.6 Å². The maximum atomic E-state index is 11.9. The van der Waals surface area contributed by atoms with E-state index in [2.05, 4.69) is 4.98 Å². The number of carbonyl (C=O) groups is 1. The van der Waals surface area contributed by atoms with Crippen LogP contribution in [0.1, 0.15) is 6.92 Å². The van der Waals surface area contributed by atoms with E-state index >= 15 is 0 Å². The monoisotopic (exact) mass is 273 g/mol. The molecule has 8 heteroatoms. The Kier molecular flexibility index (Phi) is 2.80. The summed E-state index contributed by atoms with van der Waals surface area (Å²) in [6.45, 7) is 1.11. The van der Waals surface area contributed by atoms with Crippen LogP contribution < -0.4 is 4.72 Å². The van der Waals surface area contributed by atoms with Crippen molar-refractivity contribution in [3.8, 4) is 0 Å². The van der Waals surface area contributed by atoms with Crippen LogP contribution in [0.2, 0.25) is 5.15 Å². The van der Waals surface area contributed by atoms with Gasteiger partial charge in [0.05, 0.1) is 0 Å². The van der Waals surface area contributed by atoms with Gasteiger partial charge >= 0.3 is 0 Å². The van der Waals surface area contributed by atoms with Crippen LogP contribution >= 0.6 is 11.6 Å². The Bertz CT molecular complexity index is 693. The predicted molar refractivity (Wildman–Crippen MR) is 61.2 cm³/mol. The number of fused-ring (bicyclic) bond motifs is 1. The molecule has 17 heavy (non-hydrogen) atoms. The van der Waals surface area contributed by atoms with Crippen LogP contribution in [-0.4, -0.2) is 23.7 Å². The molecule has 0 bridgehead atoms. The highest BCUT2D eigenvalue weighted by Crippen LogP contribution is 2.22. The smallest absolute Gasteiger partial charge is 0.283 e. The van der Waals surface area contributed by atoms with E-state index in [1.807, 2.05) is 4.72 Å². The Labute approximate surface area is 102 Å². The van der Waals surface area contributed by atoms with Gasteiger partial charge in [-0.25, -0.2) is 9.71 Å². The Morgan fingerprint density at radius 3 is 2.82 bits per heavy atom. The fraction of sp³-hybridized carbons (Fsp3) is 0.111. The van der Waals surface area contributed by atoms with Crippen molar-refractivity contribution in [2.75, 3.05) is 0 Å². The van der Waals surface area contributed by atoms with Crippen molar-refractivity contribution in [3.05, 3.63) is 29.5 Å². The zero-order valence-electron chi connectivity index (χ0n) is 8.71. The van der Waals surface area contributed by atoms with Crippen LogP contribution in [0.4, 0.5) is 0 Å². The molecule has 2 rings (SSSR count). The summed E-state index contributed by atoms with van der Waals surface area (Å²) in [6.07, 6.45) is 1.50. The lowest BCUT2D eigenvalue weighted by atomic mass is 10.5. The predicted octanol–water partition coefficient (Wildman–Crippen LogP) is 0.812. The molecular weight excluding hydrogens is 266 g/mol. The van der Waals surface area contributed by atoms with Crippen LogP contribution in [0.25, 0.3) is 5.65 Å². The zero-order valence-corrected chi connectivity index (χ0v) is 10.3. The van der Waals surface area contributed by atoms with Gasteiger partial charge < -0.3 is 0 Å². The molecule has 0 aliphatic heterocycles. The van der Waals surface area contributed by atoms with E-state index in [9.17, 15) is 13.2 Å². The average molecular weight is 274 g/mol.